The highest BCUT2D eigenvalue weighted by Gasteiger charge is 2.18. The van der Waals surface area contributed by atoms with Gasteiger partial charge in [-0.05, 0) is 36.2 Å². The number of benzene rings is 2. The third-order valence-electron chi connectivity index (χ3n) is 4.77. The Bertz CT molecular complexity index is 1170. The van der Waals surface area contributed by atoms with Gasteiger partial charge in [-0.3, -0.25) is 9.59 Å². The van der Waals surface area contributed by atoms with Crippen molar-refractivity contribution in [2.75, 3.05) is 13.7 Å². The average molecular weight is 457 g/mol. The number of carbonyl (C=O) groups excluding carboxylic acids is 2. The summed E-state index contributed by atoms with van der Waals surface area (Å²) in [5, 5.41) is 22.1. The van der Waals surface area contributed by atoms with Gasteiger partial charge >= 0.3 is 0 Å². The normalized spacial score (nSPS) is 11.4. The predicted molar refractivity (Wildman–Crippen MR) is 123 cm³/mol. The number of rotatable bonds is 8. The van der Waals surface area contributed by atoms with Crippen LogP contribution in [0.2, 0.25) is 5.02 Å². The van der Waals surface area contributed by atoms with Crippen molar-refractivity contribution >= 4 is 40.0 Å². The van der Waals surface area contributed by atoms with Gasteiger partial charge in [0.1, 0.15) is 5.75 Å². The number of carbonyl (C=O) groups is 2. The molecule has 1 aromatic heterocycles. The fourth-order valence-corrected chi connectivity index (χ4v) is 3.48. The highest BCUT2D eigenvalue weighted by molar-refractivity contribution is 6.33. The maximum Gasteiger partial charge on any atom is 0.266 e. The summed E-state index contributed by atoms with van der Waals surface area (Å²) in [6.45, 7) is 4.73. The molecule has 0 fully saturated rings. The lowest BCUT2D eigenvalue weighted by atomic mass is 10.2. The molecule has 0 atom stereocenters. The summed E-state index contributed by atoms with van der Waals surface area (Å²) in [5.74, 6) is -0.0834. The second-order valence-corrected chi connectivity index (χ2v) is 8.05. The number of ether oxygens (including phenoxy) is 1. The number of halogens is 1. The highest BCUT2D eigenvalue weighted by Crippen LogP contribution is 2.40. The quantitative estimate of drug-likeness (QED) is 0.460. The molecule has 0 saturated heterocycles. The molecule has 8 nitrogen and oxygen atoms in total. The monoisotopic (exact) mass is 456 g/mol. The van der Waals surface area contributed by atoms with E-state index in [0.29, 0.717) is 28.3 Å². The van der Waals surface area contributed by atoms with Crippen molar-refractivity contribution in [1.29, 1.82) is 0 Å². The predicted octanol–water partition coefficient (Wildman–Crippen LogP) is 5.10. The third-order valence-corrected chi connectivity index (χ3v) is 5.10. The Balaban J connectivity index is 1.73. The Morgan fingerprint density at radius 1 is 1.22 bits per heavy atom. The number of aromatic hydroxyl groups is 1. The summed E-state index contributed by atoms with van der Waals surface area (Å²) in [5.41, 5.74) is 1.30. The van der Waals surface area contributed by atoms with Crippen molar-refractivity contribution in [2.45, 2.75) is 26.8 Å². The summed E-state index contributed by atoms with van der Waals surface area (Å²) >= 11 is 6.00. The van der Waals surface area contributed by atoms with Crippen LogP contribution in [0.25, 0.3) is 10.9 Å². The average Bonchev–Trinajstić information content (AvgIpc) is 3.02. The maximum absolute atomic E-state index is 12.2. The van der Waals surface area contributed by atoms with Crippen molar-refractivity contribution in [3.8, 4) is 11.6 Å². The van der Waals surface area contributed by atoms with Gasteiger partial charge in [-0.15, -0.1) is 10.2 Å². The van der Waals surface area contributed by atoms with Gasteiger partial charge in [0.05, 0.1) is 23.2 Å². The first-order valence-corrected chi connectivity index (χ1v) is 10.6. The number of azo groups is 1. The van der Waals surface area contributed by atoms with E-state index in [1.54, 1.807) is 48.1 Å². The molecule has 32 heavy (non-hydrogen) atoms. The summed E-state index contributed by atoms with van der Waals surface area (Å²) in [7, 11) is 1.55. The van der Waals surface area contributed by atoms with Crippen LogP contribution in [0.1, 0.15) is 30.6 Å². The summed E-state index contributed by atoms with van der Waals surface area (Å²) < 4.78 is 7.01. The Labute approximate surface area is 190 Å². The van der Waals surface area contributed by atoms with Crippen LogP contribution in [0.15, 0.2) is 52.7 Å². The minimum atomic E-state index is -0.531. The van der Waals surface area contributed by atoms with Crippen molar-refractivity contribution in [1.82, 2.24) is 9.88 Å². The van der Waals surface area contributed by atoms with Gasteiger partial charge in [0, 0.05) is 24.9 Å². The molecular formula is C23H25ClN4O4. The number of amides is 2. The van der Waals surface area contributed by atoms with Gasteiger partial charge in [0.2, 0.25) is 5.88 Å². The van der Waals surface area contributed by atoms with Gasteiger partial charge in [0.25, 0.3) is 11.8 Å². The van der Waals surface area contributed by atoms with Crippen molar-refractivity contribution in [3.63, 3.8) is 0 Å². The van der Waals surface area contributed by atoms with E-state index < -0.39 is 5.91 Å². The number of methoxy groups -OCH3 is 1. The summed E-state index contributed by atoms with van der Waals surface area (Å²) in [4.78, 5) is 24.4. The van der Waals surface area contributed by atoms with Gasteiger partial charge in [-0.1, -0.05) is 37.6 Å². The number of hydrogen-bond donors (Lipinski definition) is 2. The zero-order valence-electron chi connectivity index (χ0n) is 18.1. The van der Waals surface area contributed by atoms with Crippen LogP contribution in [-0.2, 0) is 11.3 Å². The smallest absolute Gasteiger partial charge is 0.266 e. The number of nitrogens with zero attached hydrogens (tertiary/aromatic N) is 3. The van der Waals surface area contributed by atoms with E-state index in [1.807, 2.05) is 19.9 Å². The first-order valence-electron chi connectivity index (χ1n) is 10.2. The SMILES string of the molecule is COc1ccc2c(c1)c(N=NC(=O)CCNC(=O)c1ccccc1Cl)c(O)n2CC(C)C. The van der Waals surface area contributed by atoms with E-state index in [-0.39, 0.29) is 36.4 Å². The molecule has 0 saturated carbocycles. The minimum Gasteiger partial charge on any atom is -0.497 e. The molecule has 168 valence electrons. The Morgan fingerprint density at radius 3 is 2.66 bits per heavy atom. The van der Waals surface area contributed by atoms with E-state index in [2.05, 4.69) is 15.5 Å². The lowest BCUT2D eigenvalue weighted by molar-refractivity contribution is -0.118. The van der Waals surface area contributed by atoms with Crippen LogP contribution in [0.4, 0.5) is 5.69 Å². The lowest BCUT2D eigenvalue weighted by Crippen LogP contribution is -2.25. The fraction of sp³-hybridized carbons (Fsp3) is 0.304. The molecule has 2 N–H and O–H groups in total. The first kappa shape index (κ1) is 23.3. The van der Waals surface area contributed by atoms with Crippen LogP contribution < -0.4 is 10.1 Å². The molecule has 0 aliphatic heterocycles. The third kappa shape index (κ3) is 5.26. The molecule has 2 amide bonds. The van der Waals surface area contributed by atoms with Gasteiger partial charge in [0.15, 0.2) is 5.69 Å². The van der Waals surface area contributed by atoms with E-state index in [1.165, 1.54) is 0 Å². The zero-order valence-corrected chi connectivity index (χ0v) is 18.9. The summed E-state index contributed by atoms with van der Waals surface area (Å²) in [6.07, 6.45) is -0.0472. The largest absolute Gasteiger partial charge is 0.497 e. The zero-order chi connectivity index (χ0) is 23.3. The molecule has 1 heterocycles. The summed E-state index contributed by atoms with van der Waals surface area (Å²) in [6, 6.07) is 12.0. The maximum atomic E-state index is 12.2. The molecule has 9 heteroatoms. The lowest BCUT2D eigenvalue weighted by Gasteiger charge is -2.09. The van der Waals surface area contributed by atoms with E-state index in [0.717, 1.165) is 5.52 Å². The van der Waals surface area contributed by atoms with Crippen molar-refractivity contribution < 1.29 is 19.4 Å². The molecule has 0 aliphatic carbocycles. The van der Waals surface area contributed by atoms with E-state index in [4.69, 9.17) is 16.3 Å². The number of nitrogens with one attached hydrogen (secondary N) is 1. The standard InChI is InChI=1S/C23H25ClN4O4/c1-14(2)13-28-19-9-8-15(32-3)12-17(19)21(23(28)31)27-26-20(29)10-11-25-22(30)16-6-4-5-7-18(16)24/h4-9,12,14,31H,10-11,13H2,1-3H3,(H,25,30). The second-order valence-electron chi connectivity index (χ2n) is 7.64. The molecular weight excluding hydrogens is 432 g/mol. The van der Waals surface area contributed by atoms with Crippen molar-refractivity contribution in [3.05, 3.63) is 53.1 Å². The molecule has 3 rings (SSSR count). The van der Waals surface area contributed by atoms with Crippen LogP contribution in [0.3, 0.4) is 0 Å². The van der Waals surface area contributed by atoms with Crippen LogP contribution in [0.5, 0.6) is 11.6 Å². The Hall–Kier alpha value is -3.39. The minimum absolute atomic E-state index is 0.0472. The molecule has 0 bridgehead atoms. The first-order chi connectivity index (χ1) is 15.3. The van der Waals surface area contributed by atoms with Crippen LogP contribution in [-0.4, -0.2) is 35.1 Å². The van der Waals surface area contributed by atoms with E-state index >= 15 is 0 Å². The Kier molecular flexibility index (Phi) is 7.48. The van der Waals surface area contributed by atoms with Crippen LogP contribution in [0, 0.1) is 5.92 Å². The van der Waals surface area contributed by atoms with Crippen LogP contribution >= 0.6 is 11.6 Å². The molecule has 0 unspecified atom stereocenters. The topological polar surface area (TPSA) is 105 Å². The molecule has 0 radical (unpaired) electrons. The van der Waals surface area contributed by atoms with Gasteiger partial charge in [-0.25, -0.2) is 0 Å². The molecule has 0 spiro atoms. The number of fused-ring (bicyclic) bond motifs is 1. The fourth-order valence-electron chi connectivity index (χ4n) is 3.26. The number of hydrogen-bond acceptors (Lipinski definition) is 5. The van der Waals surface area contributed by atoms with Gasteiger partial charge < -0.3 is 19.7 Å². The molecule has 3 aromatic rings. The van der Waals surface area contributed by atoms with Crippen molar-refractivity contribution in [2.24, 2.45) is 16.1 Å². The van der Waals surface area contributed by atoms with Gasteiger partial charge in [-0.2, -0.15) is 0 Å². The molecule has 0 aliphatic rings. The molecule has 2 aromatic carbocycles. The van der Waals surface area contributed by atoms with E-state index in [9.17, 15) is 14.7 Å². The highest BCUT2D eigenvalue weighted by atomic mass is 35.5. The second kappa shape index (κ2) is 10.3. The number of aromatic nitrogens is 1. The Morgan fingerprint density at radius 2 is 1.97 bits per heavy atom.